The molecule has 2 N–H and O–H groups in total. The van der Waals surface area contributed by atoms with Crippen LogP contribution < -0.4 is 5.73 Å². The van der Waals surface area contributed by atoms with E-state index in [9.17, 15) is 4.79 Å². The van der Waals surface area contributed by atoms with Gasteiger partial charge < -0.3 is 5.73 Å². The first kappa shape index (κ1) is 10.7. The van der Waals surface area contributed by atoms with E-state index in [1.165, 1.54) is 0 Å². The Morgan fingerprint density at radius 3 is 2.75 bits per heavy atom. The second-order valence-corrected chi connectivity index (χ2v) is 3.86. The molecule has 0 saturated heterocycles. The Hall–Kier alpha value is -1.81. The highest BCUT2D eigenvalue weighted by Crippen LogP contribution is 2.19. The van der Waals surface area contributed by atoms with Gasteiger partial charge >= 0.3 is 0 Å². The number of rotatable bonds is 2. The van der Waals surface area contributed by atoms with Crippen molar-refractivity contribution in [3.63, 3.8) is 0 Å². The second-order valence-electron chi connectivity index (χ2n) is 3.43. The van der Waals surface area contributed by atoms with Crippen molar-refractivity contribution in [1.29, 1.82) is 0 Å². The summed E-state index contributed by atoms with van der Waals surface area (Å²) in [4.78, 5) is 11.3. The smallest absolute Gasteiger partial charge is 0.250 e. The molecule has 16 heavy (non-hydrogen) atoms. The fourth-order valence-corrected chi connectivity index (χ4v) is 1.62. The van der Waals surface area contributed by atoms with Crippen LogP contribution in [0.15, 0.2) is 30.5 Å². The number of hydrogen-bond acceptors (Lipinski definition) is 2. The van der Waals surface area contributed by atoms with E-state index >= 15 is 0 Å². The number of hydrogen-bond donors (Lipinski definition) is 1. The minimum absolute atomic E-state index is 0.396. The third-order valence-electron chi connectivity index (χ3n) is 2.19. The highest BCUT2D eigenvalue weighted by molar-refractivity contribution is 6.31. The van der Waals surface area contributed by atoms with Gasteiger partial charge in [0.2, 0.25) is 0 Å². The molecule has 5 heteroatoms. The first-order chi connectivity index (χ1) is 7.58. The molecule has 0 bridgehead atoms. The summed E-state index contributed by atoms with van der Waals surface area (Å²) in [6, 6.07) is 6.72. The molecule has 0 aliphatic carbocycles. The molecule has 2 rings (SSSR count). The largest absolute Gasteiger partial charge is 0.366 e. The van der Waals surface area contributed by atoms with Gasteiger partial charge in [-0.15, -0.1) is 0 Å². The zero-order chi connectivity index (χ0) is 11.7. The average molecular weight is 236 g/mol. The maximum Gasteiger partial charge on any atom is 0.250 e. The normalized spacial score (nSPS) is 10.4. The van der Waals surface area contributed by atoms with Crippen molar-refractivity contribution in [1.82, 2.24) is 9.78 Å². The quantitative estimate of drug-likeness (QED) is 0.865. The maximum atomic E-state index is 11.3. The highest BCUT2D eigenvalue weighted by atomic mass is 35.5. The van der Waals surface area contributed by atoms with E-state index in [1.807, 2.05) is 13.0 Å². The van der Waals surface area contributed by atoms with Gasteiger partial charge in [-0.2, -0.15) is 5.10 Å². The van der Waals surface area contributed by atoms with Crippen LogP contribution in [0.4, 0.5) is 0 Å². The van der Waals surface area contributed by atoms with Crippen LogP contribution in [0.3, 0.4) is 0 Å². The number of aromatic nitrogens is 2. The number of halogens is 1. The van der Waals surface area contributed by atoms with Gasteiger partial charge in [0, 0.05) is 11.2 Å². The van der Waals surface area contributed by atoms with E-state index in [4.69, 9.17) is 17.3 Å². The monoisotopic (exact) mass is 235 g/mol. The molecule has 0 spiro atoms. The third-order valence-corrected chi connectivity index (χ3v) is 2.43. The van der Waals surface area contributed by atoms with Crippen molar-refractivity contribution in [2.45, 2.75) is 6.92 Å². The van der Waals surface area contributed by atoms with E-state index in [1.54, 1.807) is 29.1 Å². The Labute approximate surface area is 97.6 Å². The topological polar surface area (TPSA) is 60.9 Å². The molecular weight excluding hydrogens is 226 g/mol. The summed E-state index contributed by atoms with van der Waals surface area (Å²) >= 11 is 5.88. The lowest BCUT2D eigenvalue weighted by Gasteiger charge is -2.07. The van der Waals surface area contributed by atoms with Gasteiger partial charge in [0.05, 0.1) is 16.9 Å². The minimum atomic E-state index is -0.500. The highest BCUT2D eigenvalue weighted by Gasteiger charge is 2.10. The summed E-state index contributed by atoms with van der Waals surface area (Å²) in [7, 11) is 0. The van der Waals surface area contributed by atoms with Crippen molar-refractivity contribution in [3.8, 4) is 5.69 Å². The molecule has 1 heterocycles. The number of nitrogens with zero attached hydrogens (tertiary/aromatic N) is 2. The van der Waals surface area contributed by atoms with Crippen molar-refractivity contribution in [2.75, 3.05) is 0 Å². The Kier molecular flexibility index (Phi) is 2.66. The number of carbonyl (C=O) groups is 1. The lowest BCUT2D eigenvalue weighted by molar-refractivity contribution is 0.1000. The van der Waals surface area contributed by atoms with Gasteiger partial charge in [-0.25, -0.2) is 4.68 Å². The molecule has 0 aliphatic rings. The van der Waals surface area contributed by atoms with E-state index in [-0.39, 0.29) is 0 Å². The number of carbonyl (C=O) groups excluding carboxylic acids is 1. The van der Waals surface area contributed by atoms with Crippen LogP contribution >= 0.6 is 11.6 Å². The summed E-state index contributed by atoms with van der Waals surface area (Å²) in [6.45, 7) is 1.87. The van der Waals surface area contributed by atoms with Crippen molar-refractivity contribution in [2.24, 2.45) is 5.73 Å². The maximum absolute atomic E-state index is 11.3. The summed E-state index contributed by atoms with van der Waals surface area (Å²) < 4.78 is 1.58. The van der Waals surface area contributed by atoms with Gasteiger partial charge in [-0.05, 0) is 31.2 Å². The molecule has 0 atom stereocenters. The molecule has 1 amide bonds. The summed E-state index contributed by atoms with van der Waals surface area (Å²) in [5.74, 6) is -0.500. The van der Waals surface area contributed by atoms with Crippen LogP contribution in [0, 0.1) is 6.92 Å². The predicted octanol–water partition coefficient (Wildman–Crippen LogP) is 1.93. The van der Waals surface area contributed by atoms with Crippen molar-refractivity contribution >= 4 is 17.5 Å². The number of amides is 1. The van der Waals surface area contributed by atoms with Crippen LogP contribution in [0.25, 0.3) is 5.69 Å². The standard InChI is InChI=1S/C11H10ClN3O/c1-7-4-5-15(14-7)10-6-8(12)2-3-9(10)11(13)16/h2-6H,1H3,(H2,13,16). The number of nitrogens with two attached hydrogens (primary N) is 1. The Morgan fingerprint density at radius 1 is 1.44 bits per heavy atom. The van der Waals surface area contributed by atoms with E-state index < -0.39 is 5.91 Å². The van der Waals surface area contributed by atoms with Gasteiger partial charge in [-0.1, -0.05) is 11.6 Å². The van der Waals surface area contributed by atoms with Gasteiger partial charge in [0.25, 0.3) is 5.91 Å². The first-order valence-electron chi connectivity index (χ1n) is 4.70. The average Bonchev–Trinajstić information content (AvgIpc) is 2.64. The van der Waals surface area contributed by atoms with Crippen molar-refractivity contribution < 1.29 is 4.79 Å². The predicted molar refractivity (Wildman–Crippen MR) is 61.8 cm³/mol. The summed E-state index contributed by atoms with van der Waals surface area (Å²) in [6.07, 6.45) is 1.76. The molecule has 0 radical (unpaired) electrons. The van der Waals surface area contributed by atoms with E-state index in [2.05, 4.69) is 5.10 Å². The van der Waals surface area contributed by atoms with Gasteiger partial charge in [0.1, 0.15) is 0 Å². The Morgan fingerprint density at radius 2 is 2.19 bits per heavy atom. The lowest BCUT2D eigenvalue weighted by Crippen LogP contribution is -2.14. The molecular formula is C11H10ClN3O. The van der Waals surface area contributed by atoms with Crippen LogP contribution in [0.1, 0.15) is 16.1 Å². The van der Waals surface area contributed by atoms with Gasteiger partial charge in [0.15, 0.2) is 0 Å². The molecule has 0 unspecified atom stereocenters. The molecule has 82 valence electrons. The second kappa shape index (κ2) is 3.98. The fourth-order valence-electron chi connectivity index (χ4n) is 1.45. The molecule has 0 aliphatic heterocycles. The summed E-state index contributed by atoms with van der Waals surface area (Å²) in [5, 5.41) is 4.75. The van der Waals surface area contributed by atoms with Crippen LogP contribution in [0.2, 0.25) is 5.02 Å². The number of primary amides is 1. The van der Waals surface area contributed by atoms with Crippen LogP contribution in [0.5, 0.6) is 0 Å². The van der Waals surface area contributed by atoms with E-state index in [0.29, 0.717) is 16.3 Å². The Bertz CT molecular complexity index is 548. The third kappa shape index (κ3) is 1.92. The number of aryl methyl sites for hydroxylation is 1. The summed E-state index contributed by atoms with van der Waals surface area (Å²) in [5.41, 5.74) is 7.13. The van der Waals surface area contributed by atoms with E-state index in [0.717, 1.165) is 5.69 Å². The minimum Gasteiger partial charge on any atom is -0.366 e. The van der Waals surface area contributed by atoms with Gasteiger partial charge in [-0.3, -0.25) is 4.79 Å². The van der Waals surface area contributed by atoms with Crippen LogP contribution in [-0.4, -0.2) is 15.7 Å². The van der Waals surface area contributed by atoms with Crippen molar-refractivity contribution in [3.05, 3.63) is 46.7 Å². The first-order valence-corrected chi connectivity index (χ1v) is 5.08. The molecule has 4 nitrogen and oxygen atoms in total. The number of benzene rings is 1. The van der Waals surface area contributed by atoms with Crippen LogP contribution in [-0.2, 0) is 0 Å². The zero-order valence-electron chi connectivity index (χ0n) is 8.64. The lowest BCUT2D eigenvalue weighted by atomic mass is 10.1. The fraction of sp³-hybridized carbons (Fsp3) is 0.0909. The molecule has 2 aromatic rings. The SMILES string of the molecule is Cc1ccn(-c2cc(Cl)ccc2C(N)=O)n1. The molecule has 1 aromatic carbocycles. The molecule has 1 aromatic heterocycles. The zero-order valence-corrected chi connectivity index (χ0v) is 9.40. The molecule has 0 fully saturated rings. The Balaban J connectivity index is 2.62. The molecule has 0 saturated carbocycles.